The second kappa shape index (κ2) is 6.59. The van der Waals surface area contributed by atoms with Gasteiger partial charge in [0, 0.05) is 25.0 Å². The summed E-state index contributed by atoms with van der Waals surface area (Å²) in [5.74, 6) is -0.195. The van der Waals surface area contributed by atoms with Crippen LogP contribution in [-0.4, -0.2) is 31.2 Å². The molecule has 5 nitrogen and oxygen atoms in total. The van der Waals surface area contributed by atoms with E-state index in [2.05, 4.69) is 11.4 Å². The molecule has 1 aromatic rings. The van der Waals surface area contributed by atoms with Crippen LogP contribution in [0.4, 0.5) is 11.4 Å². The molecule has 5 heteroatoms. The number of aliphatic hydroxyl groups excluding tert-OH is 1. The SMILES string of the molecule is CN(CCO)c1ccc(NC(=O)C2(C#N)CCCC2)cc1. The number of likely N-dealkylation sites (N-methyl/N-ethyl adjacent to an activating group) is 1. The van der Waals surface area contributed by atoms with Gasteiger partial charge >= 0.3 is 0 Å². The predicted octanol–water partition coefficient (Wildman–Crippen LogP) is 2.14. The van der Waals surface area contributed by atoms with Gasteiger partial charge in [-0.2, -0.15) is 5.26 Å². The summed E-state index contributed by atoms with van der Waals surface area (Å²) in [6.45, 7) is 0.656. The highest BCUT2D eigenvalue weighted by Crippen LogP contribution is 2.38. The van der Waals surface area contributed by atoms with Crippen LogP contribution in [0.2, 0.25) is 0 Å². The lowest BCUT2D eigenvalue weighted by molar-refractivity contribution is -0.122. The first kappa shape index (κ1) is 15.3. The number of rotatable bonds is 5. The minimum absolute atomic E-state index is 0.0969. The second-order valence-electron chi connectivity index (χ2n) is 5.55. The third-order valence-corrected chi connectivity index (χ3v) is 4.11. The lowest BCUT2D eigenvalue weighted by atomic mass is 9.87. The van der Waals surface area contributed by atoms with Gasteiger partial charge in [0.15, 0.2) is 0 Å². The second-order valence-corrected chi connectivity index (χ2v) is 5.55. The number of anilines is 2. The Morgan fingerprint density at radius 3 is 2.52 bits per heavy atom. The molecule has 21 heavy (non-hydrogen) atoms. The van der Waals surface area contributed by atoms with Crippen molar-refractivity contribution in [1.82, 2.24) is 0 Å². The topological polar surface area (TPSA) is 76.4 Å². The fourth-order valence-corrected chi connectivity index (χ4v) is 2.70. The zero-order chi connectivity index (χ0) is 15.3. The standard InChI is InChI=1S/C16H21N3O2/c1-19(10-11-20)14-6-4-13(5-7-14)18-15(21)16(12-17)8-2-3-9-16/h4-7,20H,2-3,8-11H2,1H3,(H,18,21). The van der Waals surface area contributed by atoms with Gasteiger partial charge in [0.25, 0.3) is 0 Å². The van der Waals surface area contributed by atoms with Crippen LogP contribution in [0, 0.1) is 16.7 Å². The monoisotopic (exact) mass is 287 g/mol. The molecule has 2 rings (SSSR count). The van der Waals surface area contributed by atoms with E-state index in [-0.39, 0.29) is 12.5 Å². The number of nitrogens with zero attached hydrogens (tertiary/aromatic N) is 2. The third kappa shape index (κ3) is 3.34. The van der Waals surface area contributed by atoms with Gasteiger partial charge in [0.05, 0.1) is 12.7 Å². The molecule has 0 radical (unpaired) electrons. The van der Waals surface area contributed by atoms with Gasteiger partial charge in [-0.1, -0.05) is 12.8 Å². The molecule has 0 heterocycles. The van der Waals surface area contributed by atoms with Gasteiger partial charge < -0.3 is 15.3 Å². The molecule has 1 amide bonds. The lowest BCUT2D eigenvalue weighted by Crippen LogP contribution is -2.32. The van der Waals surface area contributed by atoms with E-state index in [1.165, 1.54) is 0 Å². The number of aliphatic hydroxyl groups is 1. The number of carbonyl (C=O) groups excluding carboxylic acids is 1. The van der Waals surface area contributed by atoms with Crippen molar-refractivity contribution in [2.45, 2.75) is 25.7 Å². The molecule has 112 valence electrons. The zero-order valence-electron chi connectivity index (χ0n) is 12.3. The molecule has 0 unspecified atom stereocenters. The van der Waals surface area contributed by atoms with Crippen LogP contribution in [0.5, 0.6) is 0 Å². The van der Waals surface area contributed by atoms with E-state index >= 15 is 0 Å². The summed E-state index contributed by atoms with van der Waals surface area (Å²) >= 11 is 0. The maximum absolute atomic E-state index is 12.3. The number of nitrogens with one attached hydrogen (secondary N) is 1. The molecule has 2 N–H and O–H groups in total. The molecule has 1 aliphatic carbocycles. The molecule has 0 atom stereocenters. The molecule has 1 aromatic carbocycles. The summed E-state index contributed by atoms with van der Waals surface area (Å²) in [6, 6.07) is 9.61. The molecular formula is C16H21N3O2. The molecule has 0 spiro atoms. The van der Waals surface area contributed by atoms with Crippen LogP contribution in [0.25, 0.3) is 0 Å². The van der Waals surface area contributed by atoms with Crippen molar-refractivity contribution in [2.75, 3.05) is 30.4 Å². The van der Waals surface area contributed by atoms with E-state index in [0.717, 1.165) is 18.5 Å². The Kier molecular flexibility index (Phi) is 4.81. The summed E-state index contributed by atoms with van der Waals surface area (Å²) in [4.78, 5) is 14.2. The summed E-state index contributed by atoms with van der Waals surface area (Å²) in [6.07, 6.45) is 3.16. The van der Waals surface area contributed by atoms with Crippen LogP contribution < -0.4 is 10.2 Å². The van der Waals surface area contributed by atoms with Crippen molar-refractivity contribution < 1.29 is 9.90 Å². The van der Waals surface area contributed by atoms with Gasteiger partial charge in [-0.05, 0) is 37.1 Å². The first-order chi connectivity index (χ1) is 10.1. The number of hydrogen-bond acceptors (Lipinski definition) is 4. The summed E-state index contributed by atoms with van der Waals surface area (Å²) < 4.78 is 0. The van der Waals surface area contributed by atoms with E-state index in [4.69, 9.17) is 5.11 Å². The molecule has 1 saturated carbocycles. The quantitative estimate of drug-likeness (QED) is 0.870. The molecule has 1 aliphatic rings. The Bertz CT molecular complexity index is 527. The number of hydrogen-bond donors (Lipinski definition) is 2. The molecule has 0 aromatic heterocycles. The van der Waals surface area contributed by atoms with Crippen LogP contribution in [0.1, 0.15) is 25.7 Å². The van der Waals surface area contributed by atoms with Crippen LogP contribution in [-0.2, 0) is 4.79 Å². The fraction of sp³-hybridized carbons (Fsp3) is 0.500. The van der Waals surface area contributed by atoms with Crippen molar-refractivity contribution in [2.24, 2.45) is 5.41 Å². The Morgan fingerprint density at radius 2 is 2.00 bits per heavy atom. The normalized spacial score (nSPS) is 16.2. The number of carbonyl (C=O) groups is 1. The molecule has 0 aliphatic heterocycles. The lowest BCUT2D eigenvalue weighted by Gasteiger charge is -2.20. The summed E-state index contributed by atoms with van der Waals surface area (Å²) in [7, 11) is 1.90. The van der Waals surface area contributed by atoms with Crippen molar-refractivity contribution in [1.29, 1.82) is 5.26 Å². The van der Waals surface area contributed by atoms with Crippen LogP contribution >= 0.6 is 0 Å². The minimum Gasteiger partial charge on any atom is -0.395 e. The molecule has 1 fully saturated rings. The number of benzene rings is 1. The highest BCUT2D eigenvalue weighted by atomic mass is 16.3. The van der Waals surface area contributed by atoms with Crippen molar-refractivity contribution >= 4 is 17.3 Å². The fourth-order valence-electron chi connectivity index (χ4n) is 2.70. The van der Waals surface area contributed by atoms with Gasteiger partial charge in [0.1, 0.15) is 5.41 Å². The first-order valence-electron chi connectivity index (χ1n) is 7.26. The van der Waals surface area contributed by atoms with Crippen molar-refractivity contribution in [3.63, 3.8) is 0 Å². The van der Waals surface area contributed by atoms with Crippen LogP contribution in [0.15, 0.2) is 24.3 Å². The van der Waals surface area contributed by atoms with Gasteiger partial charge in [-0.15, -0.1) is 0 Å². The smallest absolute Gasteiger partial charge is 0.244 e. The van der Waals surface area contributed by atoms with E-state index in [0.29, 0.717) is 25.1 Å². The van der Waals surface area contributed by atoms with Crippen LogP contribution in [0.3, 0.4) is 0 Å². The number of amides is 1. The van der Waals surface area contributed by atoms with Crippen molar-refractivity contribution in [3.8, 4) is 6.07 Å². The largest absolute Gasteiger partial charge is 0.395 e. The average molecular weight is 287 g/mol. The summed E-state index contributed by atoms with van der Waals surface area (Å²) in [5, 5.41) is 21.1. The highest BCUT2D eigenvalue weighted by Gasteiger charge is 2.41. The molecular weight excluding hydrogens is 266 g/mol. The van der Waals surface area contributed by atoms with E-state index in [1.54, 1.807) is 0 Å². The Morgan fingerprint density at radius 1 is 1.38 bits per heavy atom. The molecule has 0 saturated heterocycles. The zero-order valence-corrected chi connectivity index (χ0v) is 12.3. The third-order valence-electron chi connectivity index (χ3n) is 4.11. The average Bonchev–Trinajstić information content (AvgIpc) is 2.98. The number of nitriles is 1. The Hall–Kier alpha value is -2.06. The molecule has 0 bridgehead atoms. The maximum Gasteiger partial charge on any atom is 0.244 e. The maximum atomic E-state index is 12.3. The Labute approximate surface area is 125 Å². The Balaban J connectivity index is 2.03. The van der Waals surface area contributed by atoms with E-state index < -0.39 is 5.41 Å². The minimum atomic E-state index is -0.855. The van der Waals surface area contributed by atoms with Crippen molar-refractivity contribution in [3.05, 3.63) is 24.3 Å². The summed E-state index contributed by atoms with van der Waals surface area (Å²) in [5.41, 5.74) is 0.812. The van der Waals surface area contributed by atoms with Gasteiger partial charge in [0.2, 0.25) is 5.91 Å². The van der Waals surface area contributed by atoms with E-state index in [1.807, 2.05) is 36.2 Å². The van der Waals surface area contributed by atoms with Gasteiger partial charge in [-0.3, -0.25) is 4.79 Å². The predicted molar refractivity (Wildman–Crippen MR) is 81.9 cm³/mol. The highest BCUT2D eigenvalue weighted by molar-refractivity contribution is 5.97. The first-order valence-corrected chi connectivity index (χ1v) is 7.26. The van der Waals surface area contributed by atoms with E-state index in [9.17, 15) is 10.1 Å². The van der Waals surface area contributed by atoms with Gasteiger partial charge in [-0.25, -0.2) is 0 Å².